The van der Waals surface area contributed by atoms with Crippen molar-refractivity contribution in [3.63, 3.8) is 0 Å². The molecule has 1 saturated carbocycles. The number of hydrogen-bond donors (Lipinski definition) is 2. The van der Waals surface area contributed by atoms with Crippen molar-refractivity contribution in [3.05, 3.63) is 22.4 Å². The highest BCUT2D eigenvalue weighted by atomic mass is 32.1. The van der Waals surface area contributed by atoms with Gasteiger partial charge >= 0.3 is 0 Å². The quantitative estimate of drug-likeness (QED) is 0.471. The van der Waals surface area contributed by atoms with Gasteiger partial charge in [0.2, 0.25) is 0 Å². The minimum absolute atomic E-state index is 0.319. The lowest BCUT2D eigenvalue weighted by Gasteiger charge is -2.16. The molecule has 0 aromatic carbocycles. The van der Waals surface area contributed by atoms with Gasteiger partial charge in [-0.05, 0) is 37.1 Å². The molecule has 1 unspecified atom stereocenters. The molecule has 2 N–H and O–H groups in total. The Morgan fingerprint density at radius 2 is 2.39 bits per heavy atom. The van der Waals surface area contributed by atoms with E-state index in [0.717, 1.165) is 18.4 Å². The number of rotatable bonds is 6. The van der Waals surface area contributed by atoms with Crippen molar-refractivity contribution in [2.45, 2.75) is 38.6 Å². The van der Waals surface area contributed by atoms with Crippen molar-refractivity contribution in [3.8, 4) is 0 Å². The van der Waals surface area contributed by atoms with Gasteiger partial charge in [0.25, 0.3) is 0 Å². The summed E-state index contributed by atoms with van der Waals surface area (Å²) in [5.41, 5.74) is 0. The minimum atomic E-state index is 0.319. The summed E-state index contributed by atoms with van der Waals surface area (Å²) in [5.74, 6) is 1.93. The van der Waals surface area contributed by atoms with Gasteiger partial charge in [0.1, 0.15) is 0 Å². The van der Waals surface area contributed by atoms with Crippen LogP contribution in [0.5, 0.6) is 0 Å². The van der Waals surface area contributed by atoms with Crippen LogP contribution in [0.1, 0.15) is 43.5 Å². The summed E-state index contributed by atoms with van der Waals surface area (Å²) in [7, 11) is 1.83. The number of nitrogens with one attached hydrogen (secondary N) is 2. The fourth-order valence-corrected chi connectivity index (χ4v) is 2.75. The first-order valence-electron chi connectivity index (χ1n) is 6.80. The maximum absolute atomic E-state index is 4.27. The third-order valence-electron chi connectivity index (χ3n) is 3.33. The minimum Gasteiger partial charge on any atom is -0.356 e. The molecule has 2 rings (SSSR count). The van der Waals surface area contributed by atoms with E-state index in [0.29, 0.717) is 6.04 Å². The summed E-state index contributed by atoms with van der Waals surface area (Å²) in [5, 5.41) is 8.92. The zero-order valence-corrected chi connectivity index (χ0v) is 12.1. The first kappa shape index (κ1) is 13.4. The Balaban J connectivity index is 1.67. The van der Waals surface area contributed by atoms with Crippen LogP contribution in [0, 0.1) is 5.92 Å². The van der Waals surface area contributed by atoms with Gasteiger partial charge in [-0.3, -0.25) is 4.99 Å². The number of thiophene rings is 1. The zero-order chi connectivity index (χ0) is 12.8. The van der Waals surface area contributed by atoms with E-state index in [9.17, 15) is 0 Å². The van der Waals surface area contributed by atoms with Crippen LogP contribution in [0.3, 0.4) is 0 Å². The van der Waals surface area contributed by atoms with Gasteiger partial charge in [0.05, 0.1) is 6.04 Å². The molecule has 0 saturated heterocycles. The van der Waals surface area contributed by atoms with Crippen LogP contribution in [-0.2, 0) is 0 Å². The fraction of sp³-hybridized carbons (Fsp3) is 0.643. The van der Waals surface area contributed by atoms with E-state index in [4.69, 9.17) is 0 Å². The summed E-state index contributed by atoms with van der Waals surface area (Å²) < 4.78 is 0. The van der Waals surface area contributed by atoms with Gasteiger partial charge in [-0.1, -0.05) is 18.9 Å². The van der Waals surface area contributed by atoms with Gasteiger partial charge in [0, 0.05) is 18.5 Å². The smallest absolute Gasteiger partial charge is 0.191 e. The zero-order valence-electron chi connectivity index (χ0n) is 11.3. The lowest BCUT2D eigenvalue weighted by atomic mass is 10.2. The Morgan fingerprint density at radius 3 is 3.00 bits per heavy atom. The maximum Gasteiger partial charge on any atom is 0.191 e. The summed E-state index contributed by atoms with van der Waals surface area (Å²) in [6.45, 7) is 3.19. The Hall–Kier alpha value is -1.03. The summed E-state index contributed by atoms with van der Waals surface area (Å²) in [6.07, 6.45) is 5.51. The van der Waals surface area contributed by atoms with E-state index in [2.05, 4.69) is 40.1 Å². The van der Waals surface area contributed by atoms with Crippen LogP contribution < -0.4 is 10.6 Å². The van der Waals surface area contributed by atoms with E-state index < -0.39 is 0 Å². The highest BCUT2D eigenvalue weighted by Crippen LogP contribution is 2.33. The highest BCUT2D eigenvalue weighted by molar-refractivity contribution is 7.10. The lowest BCUT2D eigenvalue weighted by Crippen LogP contribution is -2.38. The summed E-state index contributed by atoms with van der Waals surface area (Å²) >= 11 is 1.78. The summed E-state index contributed by atoms with van der Waals surface area (Å²) in [4.78, 5) is 5.61. The van der Waals surface area contributed by atoms with Crippen molar-refractivity contribution in [2.75, 3.05) is 13.6 Å². The molecule has 1 atom stereocenters. The van der Waals surface area contributed by atoms with E-state index in [1.165, 1.54) is 30.6 Å². The van der Waals surface area contributed by atoms with E-state index in [1.54, 1.807) is 11.3 Å². The monoisotopic (exact) mass is 265 g/mol. The van der Waals surface area contributed by atoms with Crippen LogP contribution in [0.2, 0.25) is 0 Å². The molecule has 1 aromatic heterocycles. The number of hydrogen-bond acceptors (Lipinski definition) is 2. The fourth-order valence-electron chi connectivity index (χ4n) is 2.01. The lowest BCUT2D eigenvalue weighted by molar-refractivity contribution is 0.633. The van der Waals surface area contributed by atoms with E-state index in [-0.39, 0.29) is 0 Å². The van der Waals surface area contributed by atoms with Gasteiger partial charge in [0.15, 0.2) is 5.96 Å². The molecule has 4 heteroatoms. The molecule has 1 fully saturated rings. The normalized spacial score (nSPS) is 17.6. The van der Waals surface area contributed by atoms with Crippen molar-refractivity contribution in [1.82, 2.24) is 10.6 Å². The molecule has 0 bridgehead atoms. The molecule has 1 heterocycles. The average molecular weight is 265 g/mol. The van der Waals surface area contributed by atoms with Gasteiger partial charge in [-0.25, -0.2) is 0 Å². The summed E-state index contributed by atoms with van der Waals surface area (Å²) in [6, 6.07) is 4.56. The Morgan fingerprint density at radius 1 is 1.56 bits per heavy atom. The van der Waals surface area contributed by atoms with E-state index in [1.807, 2.05) is 7.05 Å². The molecule has 0 spiro atoms. The first-order chi connectivity index (χ1) is 8.79. The number of aliphatic imine (C=N–C) groups is 1. The predicted octanol–water partition coefficient (Wildman–Crippen LogP) is 3.16. The van der Waals surface area contributed by atoms with Crippen molar-refractivity contribution in [2.24, 2.45) is 10.9 Å². The molecule has 1 aliphatic carbocycles. The number of guanidine groups is 1. The topological polar surface area (TPSA) is 36.4 Å². The van der Waals surface area contributed by atoms with Crippen molar-refractivity contribution >= 4 is 17.3 Å². The average Bonchev–Trinajstić information content (AvgIpc) is 3.04. The third kappa shape index (κ3) is 4.33. The Kier molecular flexibility index (Phi) is 5.05. The van der Waals surface area contributed by atoms with Crippen LogP contribution in [0.4, 0.5) is 0 Å². The van der Waals surface area contributed by atoms with Gasteiger partial charge in [-0.15, -0.1) is 11.3 Å². The van der Waals surface area contributed by atoms with Crippen LogP contribution in [-0.4, -0.2) is 19.6 Å². The van der Waals surface area contributed by atoms with Crippen molar-refractivity contribution in [1.29, 1.82) is 0 Å². The third-order valence-corrected chi connectivity index (χ3v) is 4.38. The second kappa shape index (κ2) is 6.78. The van der Waals surface area contributed by atoms with Crippen molar-refractivity contribution < 1.29 is 0 Å². The van der Waals surface area contributed by atoms with Crippen LogP contribution >= 0.6 is 11.3 Å². The molecule has 0 radical (unpaired) electrons. The molecule has 1 aromatic rings. The largest absolute Gasteiger partial charge is 0.356 e. The maximum atomic E-state index is 4.27. The molecule has 0 aliphatic heterocycles. The molecule has 18 heavy (non-hydrogen) atoms. The molecule has 1 aliphatic rings. The SMILES string of the molecule is CN=C(NCCCC1CC1)NC(C)c1cccs1. The second-order valence-electron chi connectivity index (χ2n) is 4.97. The molecule has 3 nitrogen and oxygen atoms in total. The highest BCUT2D eigenvalue weighted by Gasteiger charge is 2.20. The van der Waals surface area contributed by atoms with Gasteiger partial charge in [-0.2, -0.15) is 0 Å². The van der Waals surface area contributed by atoms with Crippen LogP contribution in [0.25, 0.3) is 0 Å². The first-order valence-corrected chi connectivity index (χ1v) is 7.68. The molecular weight excluding hydrogens is 242 g/mol. The predicted molar refractivity (Wildman–Crippen MR) is 79.2 cm³/mol. The Bertz CT molecular complexity index is 368. The molecule has 100 valence electrons. The molecule has 0 amide bonds. The molecular formula is C14H23N3S. The number of nitrogens with zero attached hydrogens (tertiary/aromatic N) is 1. The standard InChI is InChI=1S/C14H23N3S/c1-11(13-6-4-10-18-13)17-14(15-2)16-9-3-5-12-7-8-12/h4,6,10-12H,3,5,7-9H2,1-2H3,(H2,15,16,17). The van der Waals surface area contributed by atoms with Gasteiger partial charge < -0.3 is 10.6 Å². The second-order valence-corrected chi connectivity index (χ2v) is 5.95. The van der Waals surface area contributed by atoms with Crippen LogP contribution in [0.15, 0.2) is 22.5 Å². The Labute approximate surface area is 114 Å². The van der Waals surface area contributed by atoms with E-state index >= 15 is 0 Å².